The molecule has 0 spiro atoms. The largest absolute Gasteiger partial charge is 0.508 e. The molecule has 11 heteroatoms. The number of amides is 1. The summed E-state index contributed by atoms with van der Waals surface area (Å²) < 4.78 is 7.53. The molecule has 2 aromatic rings. The fourth-order valence-electron chi connectivity index (χ4n) is 1.82. The first-order valence-corrected chi connectivity index (χ1v) is 9.22. The summed E-state index contributed by atoms with van der Waals surface area (Å²) in [6, 6.07) is 7.02. The van der Waals surface area contributed by atoms with E-state index in [1.807, 2.05) is 0 Å². The second-order valence-corrected chi connectivity index (χ2v) is 7.40. The van der Waals surface area contributed by atoms with Crippen molar-refractivity contribution < 1.29 is 19.6 Å². The Morgan fingerprint density at radius 1 is 1.27 bits per heavy atom. The van der Waals surface area contributed by atoms with Crippen LogP contribution in [-0.4, -0.2) is 28.8 Å². The molecule has 0 saturated carbocycles. The van der Waals surface area contributed by atoms with Crippen molar-refractivity contribution in [2.45, 2.75) is 0 Å². The van der Waals surface area contributed by atoms with E-state index in [2.05, 4.69) is 58.3 Å². The number of nitrogens with zero attached hydrogens (tertiary/aromatic N) is 2. The van der Waals surface area contributed by atoms with Gasteiger partial charge in [-0.3, -0.25) is 14.9 Å². The number of hydrogen-bond acceptors (Lipinski definition) is 6. The number of aromatic hydroxyl groups is 1. The third kappa shape index (κ3) is 5.51. The van der Waals surface area contributed by atoms with Crippen LogP contribution in [0.3, 0.4) is 0 Å². The molecule has 0 aliphatic rings. The van der Waals surface area contributed by atoms with Gasteiger partial charge in [0.25, 0.3) is 11.6 Å². The first-order valence-electron chi connectivity index (χ1n) is 6.84. The number of nitro groups is 1. The van der Waals surface area contributed by atoms with Crippen molar-refractivity contribution in [1.82, 2.24) is 5.43 Å². The Bertz CT molecular complexity index is 866. The number of carbonyl (C=O) groups excluding carboxylic acids is 1. The van der Waals surface area contributed by atoms with Gasteiger partial charge in [-0.15, -0.1) is 0 Å². The van der Waals surface area contributed by atoms with Gasteiger partial charge in [-0.2, -0.15) is 5.10 Å². The van der Waals surface area contributed by atoms with Crippen molar-refractivity contribution in [3.63, 3.8) is 0 Å². The molecule has 136 valence electrons. The van der Waals surface area contributed by atoms with Crippen LogP contribution in [0.4, 0.5) is 5.69 Å². The summed E-state index contributed by atoms with van der Waals surface area (Å²) in [7, 11) is 0. The van der Waals surface area contributed by atoms with Crippen LogP contribution in [0, 0.1) is 10.1 Å². The fraction of sp³-hybridized carbons (Fsp3) is 0.0667. The van der Waals surface area contributed by atoms with Crippen LogP contribution in [0.25, 0.3) is 0 Å². The van der Waals surface area contributed by atoms with E-state index in [0.717, 1.165) is 16.8 Å². The summed E-state index contributed by atoms with van der Waals surface area (Å²) in [6.45, 7) is -0.321. The van der Waals surface area contributed by atoms with E-state index in [0.29, 0.717) is 14.7 Å². The average molecular weight is 552 g/mol. The lowest BCUT2D eigenvalue weighted by Crippen LogP contribution is -2.24. The summed E-state index contributed by atoms with van der Waals surface area (Å²) in [6.07, 6.45) is 1.07. The van der Waals surface area contributed by atoms with Crippen molar-refractivity contribution in [2.75, 3.05) is 6.61 Å². The number of carbonyl (C=O) groups is 1. The highest BCUT2D eigenvalue weighted by Gasteiger charge is 2.13. The van der Waals surface area contributed by atoms with Gasteiger partial charge in [0.15, 0.2) is 6.61 Å². The Morgan fingerprint density at radius 2 is 1.92 bits per heavy atom. The van der Waals surface area contributed by atoms with Gasteiger partial charge in [-0.1, -0.05) is 15.9 Å². The molecule has 0 heterocycles. The molecular weight excluding hydrogens is 542 g/mol. The molecule has 0 bridgehead atoms. The van der Waals surface area contributed by atoms with Crippen LogP contribution in [-0.2, 0) is 4.79 Å². The Morgan fingerprint density at radius 3 is 2.54 bits per heavy atom. The molecule has 2 aromatic carbocycles. The zero-order valence-electron chi connectivity index (χ0n) is 12.8. The van der Waals surface area contributed by atoms with Crippen LogP contribution in [0.2, 0.25) is 0 Å². The Kier molecular flexibility index (Phi) is 7.12. The molecule has 0 saturated heterocycles. The van der Waals surface area contributed by atoms with E-state index in [9.17, 15) is 20.0 Å². The normalized spacial score (nSPS) is 10.7. The number of halogens is 3. The molecule has 1 amide bonds. The maximum Gasteiger partial charge on any atom is 0.278 e. The summed E-state index contributed by atoms with van der Waals surface area (Å²) in [4.78, 5) is 22.1. The van der Waals surface area contributed by atoms with Gasteiger partial charge in [-0.25, -0.2) is 5.43 Å². The molecule has 0 radical (unpaired) electrons. The number of nitrogens with one attached hydrogen (secondary N) is 1. The maximum absolute atomic E-state index is 11.8. The van der Waals surface area contributed by atoms with Gasteiger partial charge in [0, 0.05) is 10.5 Å². The summed E-state index contributed by atoms with van der Waals surface area (Å²) in [5, 5.41) is 24.0. The monoisotopic (exact) mass is 549 g/mol. The first-order chi connectivity index (χ1) is 12.3. The minimum atomic E-state index is -0.617. The zero-order chi connectivity index (χ0) is 19.3. The highest BCUT2D eigenvalue weighted by molar-refractivity contribution is 9.11. The quantitative estimate of drug-likeness (QED) is 0.318. The van der Waals surface area contributed by atoms with E-state index < -0.39 is 10.8 Å². The van der Waals surface area contributed by atoms with Crippen LogP contribution in [0.1, 0.15) is 5.56 Å². The van der Waals surface area contributed by atoms with E-state index in [4.69, 9.17) is 4.74 Å². The number of nitro benzene ring substituents is 1. The first kappa shape index (κ1) is 20.3. The number of phenolic OH excluding ortho intramolecular Hbond substituents is 1. The molecule has 0 unspecified atom stereocenters. The summed E-state index contributed by atoms with van der Waals surface area (Å²) >= 11 is 9.98. The molecule has 0 aliphatic heterocycles. The second kappa shape index (κ2) is 9.10. The SMILES string of the molecule is O=C(COc1c(Br)cc(Br)cc1Br)NN=Cc1cc(O)ccc1[N+](=O)[O-]. The summed E-state index contributed by atoms with van der Waals surface area (Å²) in [5.74, 6) is -0.279. The van der Waals surface area contributed by atoms with Gasteiger partial charge in [0.05, 0.1) is 25.6 Å². The lowest BCUT2D eigenvalue weighted by atomic mass is 10.2. The summed E-state index contributed by atoms with van der Waals surface area (Å²) in [5.41, 5.74) is 2.00. The van der Waals surface area contributed by atoms with Crippen LogP contribution >= 0.6 is 47.8 Å². The van der Waals surface area contributed by atoms with Crippen molar-refractivity contribution in [3.8, 4) is 11.5 Å². The third-order valence-corrected chi connectivity index (χ3v) is 4.55. The van der Waals surface area contributed by atoms with Gasteiger partial charge in [0.1, 0.15) is 11.5 Å². The number of hydrazone groups is 1. The number of hydrogen-bond donors (Lipinski definition) is 2. The topological polar surface area (TPSA) is 114 Å². The Labute approximate surface area is 172 Å². The average Bonchev–Trinajstić information content (AvgIpc) is 2.53. The minimum Gasteiger partial charge on any atom is -0.508 e. The van der Waals surface area contributed by atoms with Gasteiger partial charge >= 0.3 is 0 Å². The molecular formula is C15H10Br3N3O5. The van der Waals surface area contributed by atoms with E-state index >= 15 is 0 Å². The Balaban J connectivity index is 1.99. The molecule has 8 nitrogen and oxygen atoms in total. The number of benzene rings is 2. The zero-order valence-corrected chi connectivity index (χ0v) is 17.5. The van der Waals surface area contributed by atoms with E-state index in [-0.39, 0.29) is 23.6 Å². The lowest BCUT2D eigenvalue weighted by Gasteiger charge is -2.09. The van der Waals surface area contributed by atoms with Crippen molar-refractivity contribution in [1.29, 1.82) is 0 Å². The molecule has 0 fully saturated rings. The van der Waals surface area contributed by atoms with Crippen LogP contribution in [0.5, 0.6) is 11.5 Å². The fourth-order valence-corrected chi connectivity index (χ4v) is 4.31. The van der Waals surface area contributed by atoms with Crippen LogP contribution < -0.4 is 10.2 Å². The minimum absolute atomic E-state index is 0.0506. The standard InChI is InChI=1S/C15H10Br3N3O5/c16-9-4-11(17)15(12(18)5-9)26-7-14(23)20-19-6-8-3-10(22)1-2-13(8)21(24)25/h1-6,22H,7H2,(H,20,23). The van der Waals surface area contributed by atoms with Crippen molar-refractivity contribution >= 4 is 65.6 Å². The molecule has 26 heavy (non-hydrogen) atoms. The van der Waals surface area contributed by atoms with Gasteiger partial charge in [-0.05, 0) is 56.1 Å². The molecule has 0 aliphatic carbocycles. The highest BCUT2D eigenvalue weighted by atomic mass is 79.9. The molecule has 0 aromatic heterocycles. The number of phenols is 1. The van der Waals surface area contributed by atoms with E-state index in [1.54, 1.807) is 12.1 Å². The highest BCUT2D eigenvalue weighted by Crippen LogP contribution is 2.36. The van der Waals surface area contributed by atoms with E-state index in [1.165, 1.54) is 12.1 Å². The van der Waals surface area contributed by atoms with Crippen molar-refractivity contribution in [2.24, 2.45) is 5.10 Å². The molecule has 2 rings (SSSR count). The molecule has 2 N–H and O–H groups in total. The maximum atomic E-state index is 11.8. The number of ether oxygens (including phenoxy) is 1. The predicted octanol–water partition coefficient (Wildman–Crippen LogP) is 4.12. The van der Waals surface area contributed by atoms with Crippen LogP contribution in [0.15, 0.2) is 48.9 Å². The smallest absolute Gasteiger partial charge is 0.278 e. The lowest BCUT2D eigenvalue weighted by molar-refractivity contribution is -0.385. The second-order valence-electron chi connectivity index (χ2n) is 4.78. The van der Waals surface area contributed by atoms with Gasteiger partial charge < -0.3 is 9.84 Å². The number of rotatable bonds is 6. The molecule has 0 atom stereocenters. The Hall–Kier alpha value is -1.98. The van der Waals surface area contributed by atoms with Gasteiger partial charge in [0.2, 0.25) is 0 Å². The third-order valence-electron chi connectivity index (χ3n) is 2.91. The van der Waals surface area contributed by atoms with Crippen molar-refractivity contribution in [3.05, 3.63) is 59.4 Å². The predicted molar refractivity (Wildman–Crippen MR) is 106 cm³/mol.